The minimum atomic E-state index is 0.196. The molecular weight excluding hydrogens is 224 g/mol. The van der Waals surface area contributed by atoms with E-state index in [1.54, 1.807) is 0 Å². The molecule has 18 heavy (non-hydrogen) atoms. The van der Waals surface area contributed by atoms with Crippen LogP contribution >= 0.6 is 0 Å². The number of carbonyl (C=O) groups excluding carboxylic acids is 1. The Hall–Kier alpha value is -0.570. The van der Waals surface area contributed by atoms with E-state index in [9.17, 15) is 4.79 Å². The van der Waals surface area contributed by atoms with E-state index in [0.717, 1.165) is 38.3 Å². The maximum Gasteiger partial charge on any atom is 0.222 e. The highest BCUT2D eigenvalue weighted by atomic mass is 16.2. The van der Waals surface area contributed by atoms with Crippen LogP contribution in [0.3, 0.4) is 0 Å². The average Bonchev–Trinajstić information content (AvgIpc) is 3.09. The van der Waals surface area contributed by atoms with Crippen LogP contribution in [-0.4, -0.2) is 30.4 Å². The van der Waals surface area contributed by atoms with Gasteiger partial charge in [0.1, 0.15) is 0 Å². The summed E-state index contributed by atoms with van der Waals surface area (Å²) in [6, 6.07) is 0. The minimum absolute atomic E-state index is 0.196. The Morgan fingerprint density at radius 2 is 2.00 bits per heavy atom. The van der Waals surface area contributed by atoms with Crippen LogP contribution in [0, 0.1) is 11.3 Å². The number of carbonyl (C=O) groups is 1. The Morgan fingerprint density at radius 1 is 1.33 bits per heavy atom. The quantitative estimate of drug-likeness (QED) is 0.687. The summed E-state index contributed by atoms with van der Waals surface area (Å²) in [6.07, 6.45) is 6.31. The molecule has 0 heterocycles. The fourth-order valence-corrected chi connectivity index (χ4v) is 2.32. The van der Waals surface area contributed by atoms with Crippen molar-refractivity contribution in [3.05, 3.63) is 0 Å². The molecule has 1 saturated carbocycles. The summed E-state index contributed by atoms with van der Waals surface area (Å²) in [5.41, 5.74) is 5.80. The molecule has 0 unspecified atom stereocenters. The molecule has 1 aliphatic carbocycles. The normalized spacial score (nSPS) is 15.8. The summed E-state index contributed by atoms with van der Waals surface area (Å²) in [4.78, 5) is 14.3. The molecule has 0 bridgehead atoms. The zero-order valence-electron chi connectivity index (χ0n) is 12.4. The molecular formula is C15H30N2O. The molecule has 0 radical (unpaired) electrons. The highest BCUT2D eigenvalue weighted by molar-refractivity contribution is 5.76. The predicted octanol–water partition coefficient (Wildman–Crippen LogP) is 2.79. The molecule has 0 aromatic carbocycles. The van der Waals surface area contributed by atoms with Crippen LogP contribution in [0.4, 0.5) is 0 Å². The lowest BCUT2D eigenvalue weighted by molar-refractivity contribution is -0.132. The van der Waals surface area contributed by atoms with E-state index in [1.165, 1.54) is 12.8 Å². The van der Waals surface area contributed by atoms with Gasteiger partial charge in [-0.05, 0) is 50.0 Å². The van der Waals surface area contributed by atoms with E-state index in [2.05, 4.69) is 25.7 Å². The fourth-order valence-electron chi connectivity index (χ4n) is 2.32. The SMILES string of the molecule is CCCN(CC1CC1)C(=O)CCC(C)(C)CCN. The lowest BCUT2D eigenvalue weighted by atomic mass is 9.84. The number of nitrogens with two attached hydrogens (primary N) is 1. The molecule has 3 heteroatoms. The van der Waals surface area contributed by atoms with E-state index < -0.39 is 0 Å². The maximum absolute atomic E-state index is 12.2. The molecule has 0 spiro atoms. The van der Waals surface area contributed by atoms with Gasteiger partial charge in [-0.3, -0.25) is 4.79 Å². The van der Waals surface area contributed by atoms with Crippen molar-refractivity contribution in [2.45, 2.75) is 59.3 Å². The summed E-state index contributed by atoms with van der Waals surface area (Å²) >= 11 is 0. The lowest BCUT2D eigenvalue weighted by Crippen LogP contribution is -2.34. The van der Waals surface area contributed by atoms with E-state index in [4.69, 9.17) is 5.73 Å². The highest BCUT2D eigenvalue weighted by Gasteiger charge is 2.27. The van der Waals surface area contributed by atoms with Gasteiger partial charge in [-0.2, -0.15) is 0 Å². The molecule has 1 amide bonds. The molecule has 0 atom stereocenters. The van der Waals surface area contributed by atoms with Gasteiger partial charge in [0, 0.05) is 19.5 Å². The summed E-state index contributed by atoms with van der Waals surface area (Å²) in [5, 5.41) is 0. The second-order valence-corrected chi connectivity index (χ2v) is 6.49. The Bertz CT molecular complexity index is 259. The van der Waals surface area contributed by atoms with Gasteiger partial charge in [-0.1, -0.05) is 20.8 Å². The second kappa shape index (κ2) is 7.13. The summed E-state index contributed by atoms with van der Waals surface area (Å²) in [5.74, 6) is 1.13. The Labute approximate surface area is 112 Å². The number of rotatable bonds is 9. The summed E-state index contributed by atoms with van der Waals surface area (Å²) in [6.45, 7) is 9.18. The van der Waals surface area contributed by atoms with Crippen molar-refractivity contribution in [1.82, 2.24) is 4.90 Å². The second-order valence-electron chi connectivity index (χ2n) is 6.49. The van der Waals surface area contributed by atoms with E-state index in [0.29, 0.717) is 18.9 Å². The monoisotopic (exact) mass is 254 g/mol. The van der Waals surface area contributed by atoms with Gasteiger partial charge < -0.3 is 10.6 Å². The van der Waals surface area contributed by atoms with Crippen LogP contribution in [0.5, 0.6) is 0 Å². The smallest absolute Gasteiger partial charge is 0.222 e. The van der Waals surface area contributed by atoms with Crippen LogP contribution in [0.1, 0.15) is 59.3 Å². The van der Waals surface area contributed by atoms with Crippen LogP contribution in [0.25, 0.3) is 0 Å². The first-order valence-corrected chi connectivity index (χ1v) is 7.46. The van der Waals surface area contributed by atoms with Gasteiger partial charge in [-0.15, -0.1) is 0 Å². The van der Waals surface area contributed by atoms with E-state index >= 15 is 0 Å². The average molecular weight is 254 g/mol. The fraction of sp³-hybridized carbons (Fsp3) is 0.933. The molecule has 0 aromatic rings. The number of hydrogen-bond donors (Lipinski definition) is 1. The molecule has 1 aliphatic rings. The third-order valence-electron chi connectivity index (χ3n) is 3.86. The standard InChI is InChI=1S/C15H30N2O/c1-4-11-17(12-13-5-6-13)14(18)7-8-15(2,3)9-10-16/h13H,4-12,16H2,1-3H3. The summed E-state index contributed by atoms with van der Waals surface area (Å²) in [7, 11) is 0. The molecule has 0 aliphatic heterocycles. The van der Waals surface area contributed by atoms with Crippen LogP contribution in [0.2, 0.25) is 0 Å². The number of amides is 1. The molecule has 106 valence electrons. The Kier molecular flexibility index (Phi) is 6.13. The van der Waals surface area contributed by atoms with E-state index in [-0.39, 0.29) is 5.41 Å². The van der Waals surface area contributed by atoms with Gasteiger partial charge in [0.15, 0.2) is 0 Å². The topological polar surface area (TPSA) is 46.3 Å². The van der Waals surface area contributed by atoms with E-state index in [1.807, 2.05) is 0 Å². The van der Waals surface area contributed by atoms with Crippen molar-refractivity contribution in [3.63, 3.8) is 0 Å². The summed E-state index contributed by atoms with van der Waals surface area (Å²) < 4.78 is 0. The number of hydrogen-bond acceptors (Lipinski definition) is 2. The Balaban J connectivity index is 2.35. The lowest BCUT2D eigenvalue weighted by Gasteiger charge is -2.27. The van der Waals surface area contributed by atoms with Gasteiger partial charge in [-0.25, -0.2) is 0 Å². The van der Waals surface area contributed by atoms with Crippen LogP contribution in [-0.2, 0) is 4.79 Å². The van der Waals surface area contributed by atoms with Crippen molar-refractivity contribution in [1.29, 1.82) is 0 Å². The van der Waals surface area contributed by atoms with Gasteiger partial charge in [0.25, 0.3) is 0 Å². The van der Waals surface area contributed by atoms with Crippen LogP contribution in [0.15, 0.2) is 0 Å². The molecule has 3 nitrogen and oxygen atoms in total. The third-order valence-corrected chi connectivity index (χ3v) is 3.86. The number of nitrogens with zero attached hydrogens (tertiary/aromatic N) is 1. The largest absolute Gasteiger partial charge is 0.342 e. The first-order chi connectivity index (χ1) is 8.48. The van der Waals surface area contributed by atoms with Crippen molar-refractivity contribution in [3.8, 4) is 0 Å². The Morgan fingerprint density at radius 3 is 2.50 bits per heavy atom. The zero-order valence-corrected chi connectivity index (χ0v) is 12.4. The van der Waals surface area contributed by atoms with Gasteiger partial charge in [0.05, 0.1) is 0 Å². The van der Waals surface area contributed by atoms with Crippen molar-refractivity contribution < 1.29 is 4.79 Å². The highest BCUT2D eigenvalue weighted by Crippen LogP contribution is 2.31. The van der Waals surface area contributed by atoms with Crippen molar-refractivity contribution >= 4 is 5.91 Å². The third kappa shape index (κ3) is 5.85. The maximum atomic E-state index is 12.2. The minimum Gasteiger partial charge on any atom is -0.342 e. The first kappa shape index (κ1) is 15.5. The molecule has 0 saturated heterocycles. The van der Waals surface area contributed by atoms with Gasteiger partial charge >= 0.3 is 0 Å². The zero-order chi connectivity index (χ0) is 13.6. The molecule has 0 aromatic heterocycles. The molecule has 1 rings (SSSR count). The van der Waals surface area contributed by atoms with Crippen LogP contribution < -0.4 is 5.73 Å². The predicted molar refractivity (Wildman–Crippen MR) is 76.3 cm³/mol. The van der Waals surface area contributed by atoms with Gasteiger partial charge in [0.2, 0.25) is 5.91 Å². The van der Waals surface area contributed by atoms with Crippen molar-refractivity contribution in [2.24, 2.45) is 17.1 Å². The molecule has 2 N–H and O–H groups in total. The van der Waals surface area contributed by atoms with Crippen molar-refractivity contribution in [2.75, 3.05) is 19.6 Å². The molecule has 1 fully saturated rings. The first-order valence-electron chi connectivity index (χ1n) is 7.46.